The number of hydrogen-bond acceptors (Lipinski definition) is 3. The molecule has 1 aromatic heterocycles. The van der Waals surface area contributed by atoms with Crippen molar-refractivity contribution < 1.29 is 14.0 Å². The largest absolute Gasteiger partial charge is 0.459 e. The first kappa shape index (κ1) is 14.4. The van der Waals surface area contributed by atoms with Gasteiger partial charge in [0.1, 0.15) is 11.3 Å². The highest BCUT2D eigenvalue weighted by Gasteiger charge is 2.32. The van der Waals surface area contributed by atoms with Crippen LogP contribution in [0.25, 0.3) is 11.0 Å². The van der Waals surface area contributed by atoms with Crippen molar-refractivity contribution in [3.63, 3.8) is 0 Å². The van der Waals surface area contributed by atoms with Gasteiger partial charge in [-0.15, -0.1) is 0 Å². The van der Waals surface area contributed by atoms with Crippen molar-refractivity contribution in [2.45, 2.75) is 31.8 Å². The van der Waals surface area contributed by atoms with Crippen LogP contribution in [-0.2, 0) is 11.3 Å². The molecule has 6 nitrogen and oxygen atoms in total. The number of para-hydroxylation sites is 1. The van der Waals surface area contributed by atoms with Gasteiger partial charge in [-0.25, -0.2) is 4.79 Å². The summed E-state index contributed by atoms with van der Waals surface area (Å²) in [7, 11) is 0. The smallest absolute Gasteiger partial charge is 0.312 e. The van der Waals surface area contributed by atoms with E-state index in [4.69, 9.17) is 10.2 Å². The normalized spacial score (nSPS) is 14.0. The Kier molecular flexibility index (Phi) is 4.00. The Bertz CT molecular complexity index is 658. The summed E-state index contributed by atoms with van der Waals surface area (Å²) in [5.41, 5.74) is 5.83. The van der Waals surface area contributed by atoms with Gasteiger partial charge in [0.05, 0.1) is 6.54 Å². The number of amides is 3. The fourth-order valence-electron chi connectivity index (χ4n) is 2.53. The summed E-state index contributed by atoms with van der Waals surface area (Å²) in [5.74, 6) is 0.793. The minimum absolute atomic E-state index is 0.0108. The summed E-state index contributed by atoms with van der Waals surface area (Å²) in [6.07, 6.45) is 2.30. The van der Waals surface area contributed by atoms with Crippen molar-refractivity contribution in [3.05, 3.63) is 36.1 Å². The summed E-state index contributed by atoms with van der Waals surface area (Å²) in [5, 5.41) is 3.48. The maximum atomic E-state index is 12.3. The predicted octanol–water partition coefficient (Wildman–Crippen LogP) is 1.98. The molecule has 1 aromatic carbocycles. The minimum Gasteiger partial charge on any atom is -0.459 e. The Labute approximate surface area is 128 Å². The van der Waals surface area contributed by atoms with Crippen molar-refractivity contribution in [3.8, 4) is 0 Å². The number of nitrogens with one attached hydrogen (secondary N) is 1. The highest BCUT2D eigenvalue weighted by Crippen LogP contribution is 2.30. The highest BCUT2D eigenvalue weighted by atomic mass is 16.3. The van der Waals surface area contributed by atoms with Gasteiger partial charge in [0, 0.05) is 24.4 Å². The van der Waals surface area contributed by atoms with Gasteiger partial charge in [0.25, 0.3) is 0 Å². The van der Waals surface area contributed by atoms with Crippen molar-refractivity contribution >= 4 is 22.9 Å². The van der Waals surface area contributed by atoms with E-state index in [0.717, 1.165) is 29.6 Å². The number of rotatable bonds is 6. The topological polar surface area (TPSA) is 88.6 Å². The van der Waals surface area contributed by atoms with Crippen LogP contribution in [0.2, 0.25) is 0 Å². The zero-order chi connectivity index (χ0) is 15.5. The molecule has 0 spiro atoms. The second-order valence-corrected chi connectivity index (χ2v) is 5.54. The van der Waals surface area contributed by atoms with E-state index < -0.39 is 6.03 Å². The molecule has 2 aromatic rings. The Hall–Kier alpha value is -2.50. The SMILES string of the molecule is NC(=O)NCCC(=O)N(Cc1cc2ccccc2o1)C1CC1. The molecule has 1 heterocycles. The minimum atomic E-state index is -0.608. The lowest BCUT2D eigenvalue weighted by molar-refractivity contribution is -0.132. The Balaban J connectivity index is 1.66. The van der Waals surface area contributed by atoms with Gasteiger partial charge in [0.15, 0.2) is 0 Å². The molecule has 3 amide bonds. The van der Waals surface area contributed by atoms with Crippen molar-refractivity contribution in [2.75, 3.05) is 6.54 Å². The molecular weight excluding hydrogens is 282 g/mol. The number of nitrogens with two attached hydrogens (primary N) is 1. The first-order valence-electron chi connectivity index (χ1n) is 7.44. The molecule has 1 aliphatic rings. The Morgan fingerprint density at radius 3 is 2.77 bits per heavy atom. The average molecular weight is 301 g/mol. The van der Waals surface area contributed by atoms with Gasteiger partial charge >= 0.3 is 6.03 Å². The van der Waals surface area contributed by atoms with Crippen LogP contribution in [0.4, 0.5) is 4.79 Å². The number of urea groups is 1. The van der Waals surface area contributed by atoms with Crippen LogP contribution in [0.5, 0.6) is 0 Å². The average Bonchev–Trinajstić information content (AvgIpc) is 3.23. The molecule has 1 saturated carbocycles. The number of carbonyl (C=O) groups is 2. The van der Waals surface area contributed by atoms with E-state index in [9.17, 15) is 9.59 Å². The lowest BCUT2D eigenvalue weighted by atomic mass is 10.2. The molecule has 0 radical (unpaired) electrons. The van der Waals surface area contributed by atoms with Gasteiger partial charge in [-0.3, -0.25) is 4.79 Å². The van der Waals surface area contributed by atoms with Crippen LogP contribution >= 0.6 is 0 Å². The quantitative estimate of drug-likeness (QED) is 0.855. The number of fused-ring (bicyclic) bond motifs is 1. The number of benzene rings is 1. The maximum absolute atomic E-state index is 12.3. The highest BCUT2D eigenvalue weighted by molar-refractivity contribution is 5.79. The van der Waals surface area contributed by atoms with Crippen LogP contribution in [0.3, 0.4) is 0 Å². The van der Waals surface area contributed by atoms with E-state index in [1.807, 2.05) is 35.2 Å². The maximum Gasteiger partial charge on any atom is 0.312 e. The predicted molar refractivity (Wildman–Crippen MR) is 82.0 cm³/mol. The molecule has 116 valence electrons. The van der Waals surface area contributed by atoms with E-state index in [2.05, 4.69) is 5.32 Å². The lowest BCUT2D eigenvalue weighted by Gasteiger charge is -2.21. The molecule has 0 saturated heterocycles. The third-order valence-electron chi connectivity index (χ3n) is 3.75. The molecular formula is C16H19N3O3. The third kappa shape index (κ3) is 3.39. The summed E-state index contributed by atoms with van der Waals surface area (Å²) in [6, 6.07) is 9.44. The van der Waals surface area contributed by atoms with Crippen LogP contribution < -0.4 is 11.1 Å². The Morgan fingerprint density at radius 2 is 2.09 bits per heavy atom. The summed E-state index contributed by atoms with van der Waals surface area (Å²) in [6.45, 7) is 0.728. The van der Waals surface area contributed by atoms with Crippen LogP contribution in [0, 0.1) is 0 Å². The second-order valence-electron chi connectivity index (χ2n) is 5.54. The first-order valence-corrected chi connectivity index (χ1v) is 7.44. The molecule has 0 unspecified atom stereocenters. The van der Waals surface area contributed by atoms with E-state index in [0.29, 0.717) is 6.54 Å². The van der Waals surface area contributed by atoms with E-state index in [1.54, 1.807) is 0 Å². The van der Waals surface area contributed by atoms with Gasteiger partial charge in [0.2, 0.25) is 5.91 Å². The molecule has 1 fully saturated rings. The zero-order valence-corrected chi connectivity index (χ0v) is 12.2. The van der Waals surface area contributed by atoms with Crippen molar-refractivity contribution in [1.82, 2.24) is 10.2 Å². The fraction of sp³-hybridized carbons (Fsp3) is 0.375. The number of primary amides is 1. The van der Waals surface area contributed by atoms with Gasteiger partial charge in [-0.05, 0) is 25.0 Å². The van der Waals surface area contributed by atoms with Crippen LogP contribution in [-0.4, -0.2) is 29.4 Å². The lowest BCUT2D eigenvalue weighted by Crippen LogP contribution is -2.37. The van der Waals surface area contributed by atoms with Gasteiger partial charge in [-0.2, -0.15) is 0 Å². The molecule has 3 rings (SSSR count). The molecule has 6 heteroatoms. The third-order valence-corrected chi connectivity index (χ3v) is 3.75. The van der Waals surface area contributed by atoms with Crippen molar-refractivity contribution in [1.29, 1.82) is 0 Å². The summed E-state index contributed by atoms with van der Waals surface area (Å²) in [4.78, 5) is 24.8. The molecule has 1 aliphatic carbocycles. The fourth-order valence-corrected chi connectivity index (χ4v) is 2.53. The zero-order valence-electron chi connectivity index (χ0n) is 12.2. The van der Waals surface area contributed by atoms with Crippen LogP contribution in [0.1, 0.15) is 25.0 Å². The van der Waals surface area contributed by atoms with Gasteiger partial charge in [-0.1, -0.05) is 18.2 Å². The molecule has 0 atom stereocenters. The van der Waals surface area contributed by atoms with Crippen molar-refractivity contribution in [2.24, 2.45) is 5.73 Å². The van der Waals surface area contributed by atoms with E-state index >= 15 is 0 Å². The first-order chi connectivity index (χ1) is 10.6. The summed E-state index contributed by atoms with van der Waals surface area (Å²) < 4.78 is 5.79. The van der Waals surface area contributed by atoms with Gasteiger partial charge < -0.3 is 20.4 Å². The van der Waals surface area contributed by atoms with E-state index in [1.165, 1.54) is 0 Å². The Morgan fingerprint density at radius 1 is 1.32 bits per heavy atom. The summed E-state index contributed by atoms with van der Waals surface area (Å²) >= 11 is 0. The standard InChI is InChI=1S/C16H19N3O3/c17-16(21)18-8-7-15(20)19(12-5-6-12)10-13-9-11-3-1-2-4-14(11)22-13/h1-4,9,12H,5-8,10H2,(H3,17,18,21). The molecule has 22 heavy (non-hydrogen) atoms. The molecule has 0 bridgehead atoms. The molecule has 0 aliphatic heterocycles. The van der Waals surface area contributed by atoms with E-state index in [-0.39, 0.29) is 24.9 Å². The molecule has 3 N–H and O–H groups in total. The number of carbonyl (C=O) groups excluding carboxylic acids is 2. The second kappa shape index (κ2) is 6.09. The number of furan rings is 1. The monoisotopic (exact) mass is 301 g/mol. The van der Waals surface area contributed by atoms with Crippen LogP contribution in [0.15, 0.2) is 34.7 Å². The number of hydrogen-bond donors (Lipinski definition) is 2. The number of nitrogens with zero attached hydrogens (tertiary/aromatic N) is 1.